The molecule has 3 rings (SSSR count). The average Bonchev–Trinajstić information content (AvgIpc) is 2.86. The van der Waals surface area contributed by atoms with Crippen LogP contribution in [0.5, 0.6) is 5.75 Å². The molecule has 106 valence electrons. The van der Waals surface area contributed by atoms with Gasteiger partial charge in [-0.3, -0.25) is 9.78 Å². The second-order valence-corrected chi connectivity index (χ2v) is 4.68. The summed E-state index contributed by atoms with van der Waals surface area (Å²) < 4.78 is 7.19. The minimum Gasteiger partial charge on any atom is -0.496 e. The van der Waals surface area contributed by atoms with Crippen LogP contribution in [0.4, 0.5) is 5.69 Å². The predicted molar refractivity (Wildman–Crippen MR) is 81.7 cm³/mol. The second kappa shape index (κ2) is 5.28. The fraction of sp³-hybridized carbons (Fsp3) is 0.125. The van der Waals surface area contributed by atoms with E-state index in [2.05, 4.69) is 10.3 Å². The predicted octanol–water partition coefficient (Wildman–Crippen LogP) is 2.83. The van der Waals surface area contributed by atoms with Crippen LogP contribution in [-0.2, 0) is 7.05 Å². The average molecular weight is 281 g/mol. The van der Waals surface area contributed by atoms with Crippen molar-refractivity contribution in [3.05, 3.63) is 54.5 Å². The summed E-state index contributed by atoms with van der Waals surface area (Å²) in [6, 6.07) is 11.2. The Labute approximate surface area is 122 Å². The van der Waals surface area contributed by atoms with Gasteiger partial charge in [0.25, 0.3) is 5.91 Å². The lowest BCUT2D eigenvalue weighted by Gasteiger charge is -2.06. The molecule has 0 saturated carbocycles. The van der Waals surface area contributed by atoms with Gasteiger partial charge in [0, 0.05) is 18.6 Å². The maximum Gasteiger partial charge on any atom is 0.272 e. The third-order valence-electron chi connectivity index (χ3n) is 3.42. The van der Waals surface area contributed by atoms with Gasteiger partial charge in [-0.05, 0) is 30.3 Å². The number of rotatable bonds is 3. The molecule has 3 aromatic rings. The third kappa shape index (κ3) is 2.33. The standard InChI is InChI=1S/C16H15N3O2/c1-19-13-6-3-7-15(21-2)12(13)9-14(19)16(20)18-11-5-4-8-17-10-11/h3-10H,1-2H3,(H,18,20). The summed E-state index contributed by atoms with van der Waals surface area (Å²) in [5, 5.41) is 3.75. The van der Waals surface area contributed by atoms with E-state index in [0.717, 1.165) is 16.7 Å². The number of nitrogens with zero attached hydrogens (tertiary/aromatic N) is 2. The van der Waals surface area contributed by atoms with Gasteiger partial charge >= 0.3 is 0 Å². The molecule has 1 amide bonds. The van der Waals surface area contributed by atoms with E-state index in [9.17, 15) is 4.79 Å². The van der Waals surface area contributed by atoms with Gasteiger partial charge < -0.3 is 14.6 Å². The van der Waals surface area contributed by atoms with Crippen LogP contribution in [-0.4, -0.2) is 22.6 Å². The SMILES string of the molecule is COc1cccc2c1cc(C(=O)Nc1cccnc1)n2C. The van der Waals surface area contributed by atoms with Crippen LogP contribution in [0, 0.1) is 0 Å². The molecule has 5 nitrogen and oxygen atoms in total. The van der Waals surface area contributed by atoms with Crippen molar-refractivity contribution in [2.24, 2.45) is 7.05 Å². The highest BCUT2D eigenvalue weighted by atomic mass is 16.5. The minimum absolute atomic E-state index is 0.177. The highest BCUT2D eigenvalue weighted by Gasteiger charge is 2.15. The van der Waals surface area contributed by atoms with Crippen molar-refractivity contribution in [1.82, 2.24) is 9.55 Å². The Morgan fingerprint density at radius 2 is 2.14 bits per heavy atom. The van der Waals surface area contributed by atoms with Crippen LogP contribution in [0.3, 0.4) is 0 Å². The molecule has 1 aromatic carbocycles. The Kier molecular flexibility index (Phi) is 3.31. The van der Waals surface area contributed by atoms with E-state index in [4.69, 9.17) is 4.74 Å². The third-order valence-corrected chi connectivity index (χ3v) is 3.42. The lowest BCUT2D eigenvalue weighted by Crippen LogP contribution is -2.15. The number of aryl methyl sites for hydroxylation is 1. The number of anilines is 1. The van der Waals surface area contributed by atoms with Crippen LogP contribution in [0.2, 0.25) is 0 Å². The van der Waals surface area contributed by atoms with E-state index in [-0.39, 0.29) is 5.91 Å². The van der Waals surface area contributed by atoms with Gasteiger partial charge in [-0.1, -0.05) is 6.07 Å². The summed E-state index contributed by atoms with van der Waals surface area (Å²) in [7, 11) is 3.48. The smallest absolute Gasteiger partial charge is 0.272 e. The number of methoxy groups -OCH3 is 1. The fourth-order valence-corrected chi connectivity index (χ4v) is 2.36. The number of hydrogen-bond acceptors (Lipinski definition) is 3. The number of benzene rings is 1. The van der Waals surface area contributed by atoms with Crippen molar-refractivity contribution >= 4 is 22.5 Å². The number of ether oxygens (including phenoxy) is 1. The molecule has 5 heteroatoms. The summed E-state index contributed by atoms with van der Waals surface area (Å²) >= 11 is 0. The van der Waals surface area contributed by atoms with Gasteiger partial charge in [0.2, 0.25) is 0 Å². The zero-order valence-electron chi connectivity index (χ0n) is 11.8. The molecule has 0 aliphatic heterocycles. The molecule has 2 heterocycles. The Bertz CT molecular complexity index is 794. The molecular weight excluding hydrogens is 266 g/mol. The van der Waals surface area contributed by atoms with E-state index >= 15 is 0 Å². The lowest BCUT2D eigenvalue weighted by atomic mass is 10.2. The number of pyridine rings is 1. The van der Waals surface area contributed by atoms with Crippen molar-refractivity contribution in [3.63, 3.8) is 0 Å². The summed E-state index contributed by atoms with van der Waals surface area (Å²) in [5.41, 5.74) is 2.18. The van der Waals surface area contributed by atoms with E-state index in [1.54, 1.807) is 31.6 Å². The van der Waals surface area contributed by atoms with Crippen LogP contribution in [0.1, 0.15) is 10.5 Å². The largest absolute Gasteiger partial charge is 0.496 e. The molecule has 0 fully saturated rings. The van der Waals surface area contributed by atoms with Crippen LogP contribution < -0.4 is 10.1 Å². The minimum atomic E-state index is -0.177. The highest BCUT2D eigenvalue weighted by molar-refractivity contribution is 6.07. The lowest BCUT2D eigenvalue weighted by molar-refractivity contribution is 0.101. The molecule has 0 atom stereocenters. The molecule has 0 aliphatic carbocycles. The second-order valence-electron chi connectivity index (χ2n) is 4.68. The Morgan fingerprint density at radius 3 is 2.86 bits per heavy atom. The van der Waals surface area contributed by atoms with Gasteiger partial charge in [-0.2, -0.15) is 0 Å². The number of nitrogens with one attached hydrogen (secondary N) is 1. The molecule has 0 saturated heterocycles. The van der Waals surface area contributed by atoms with Gasteiger partial charge in [-0.15, -0.1) is 0 Å². The first kappa shape index (κ1) is 13.2. The summed E-state index contributed by atoms with van der Waals surface area (Å²) in [5.74, 6) is 0.576. The van der Waals surface area contributed by atoms with Crippen molar-refractivity contribution in [3.8, 4) is 5.75 Å². The fourth-order valence-electron chi connectivity index (χ4n) is 2.36. The van der Waals surface area contributed by atoms with E-state index in [0.29, 0.717) is 11.4 Å². The van der Waals surface area contributed by atoms with E-state index in [1.807, 2.05) is 35.9 Å². The molecular formula is C16H15N3O2. The number of hydrogen-bond donors (Lipinski definition) is 1. The molecule has 1 N–H and O–H groups in total. The maximum atomic E-state index is 12.4. The van der Waals surface area contributed by atoms with Crippen molar-refractivity contribution in [2.75, 3.05) is 12.4 Å². The van der Waals surface area contributed by atoms with Crippen LogP contribution in [0.25, 0.3) is 10.9 Å². The number of carbonyl (C=O) groups is 1. The quantitative estimate of drug-likeness (QED) is 0.803. The molecule has 2 aromatic heterocycles. The Balaban J connectivity index is 2.01. The maximum absolute atomic E-state index is 12.4. The molecule has 21 heavy (non-hydrogen) atoms. The summed E-state index contributed by atoms with van der Waals surface area (Å²) in [4.78, 5) is 16.4. The van der Waals surface area contributed by atoms with Gasteiger partial charge in [0.15, 0.2) is 0 Å². The molecule has 0 bridgehead atoms. The molecule has 0 radical (unpaired) electrons. The Hall–Kier alpha value is -2.82. The monoisotopic (exact) mass is 281 g/mol. The van der Waals surface area contributed by atoms with Gasteiger partial charge in [0.1, 0.15) is 11.4 Å². The van der Waals surface area contributed by atoms with Gasteiger partial charge in [0.05, 0.1) is 24.5 Å². The molecule has 0 spiro atoms. The van der Waals surface area contributed by atoms with Crippen molar-refractivity contribution in [2.45, 2.75) is 0 Å². The van der Waals surface area contributed by atoms with Crippen LogP contribution in [0.15, 0.2) is 48.8 Å². The van der Waals surface area contributed by atoms with Gasteiger partial charge in [-0.25, -0.2) is 0 Å². The number of aromatic nitrogens is 2. The first-order chi connectivity index (χ1) is 10.2. The summed E-state index contributed by atoms with van der Waals surface area (Å²) in [6.45, 7) is 0. The number of amides is 1. The van der Waals surface area contributed by atoms with Crippen molar-refractivity contribution < 1.29 is 9.53 Å². The highest BCUT2D eigenvalue weighted by Crippen LogP contribution is 2.28. The van der Waals surface area contributed by atoms with E-state index < -0.39 is 0 Å². The molecule has 0 unspecified atom stereocenters. The van der Waals surface area contributed by atoms with Crippen LogP contribution >= 0.6 is 0 Å². The summed E-state index contributed by atoms with van der Waals surface area (Å²) in [6.07, 6.45) is 3.28. The van der Waals surface area contributed by atoms with E-state index in [1.165, 1.54) is 0 Å². The zero-order valence-corrected chi connectivity index (χ0v) is 11.8. The zero-order chi connectivity index (χ0) is 14.8. The first-order valence-corrected chi connectivity index (χ1v) is 6.54. The normalized spacial score (nSPS) is 10.6. The first-order valence-electron chi connectivity index (χ1n) is 6.54. The topological polar surface area (TPSA) is 56.1 Å². The number of fused-ring (bicyclic) bond motifs is 1. The number of carbonyl (C=O) groups excluding carboxylic acids is 1. The molecule has 0 aliphatic rings. The Morgan fingerprint density at radius 1 is 1.29 bits per heavy atom. The van der Waals surface area contributed by atoms with Crippen molar-refractivity contribution in [1.29, 1.82) is 0 Å².